The molecular weight excluding hydrogens is 398 g/mol. The van der Waals surface area contributed by atoms with Gasteiger partial charge in [-0.2, -0.15) is 5.10 Å². The highest BCUT2D eigenvalue weighted by Gasteiger charge is 2.18. The van der Waals surface area contributed by atoms with E-state index in [0.29, 0.717) is 22.7 Å². The van der Waals surface area contributed by atoms with Crippen LogP contribution in [0.2, 0.25) is 0 Å². The maximum atomic E-state index is 12.5. The number of aromatic nitrogens is 4. The number of para-hydroxylation sites is 1. The van der Waals surface area contributed by atoms with Gasteiger partial charge < -0.3 is 10.3 Å². The fourth-order valence-corrected chi connectivity index (χ4v) is 3.87. The summed E-state index contributed by atoms with van der Waals surface area (Å²) in [5.74, 6) is -0.102. The molecule has 0 aliphatic heterocycles. The minimum absolute atomic E-state index is 0.102. The SMILES string of the molecule is C[C@H](Sc1nc2c(cnn2-c2ccccc2)c(=O)[nH]1)C(=O)NCCc1ccccc1. The monoisotopic (exact) mass is 419 g/mol. The lowest BCUT2D eigenvalue weighted by Gasteiger charge is -2.11. The van der Waals surface area contributed by atoms with Crippen molar-refractivity contribution in [2.24, 2.45) is 0 Å². The average molecular weight is 420 g/mol. The second-order valence-corrected chi connectivity index (χ2v) is 8.12. The molecule has 4 aromatic rings. The summed E-state index contributed by atoms with van der Waals surface area (Å²) < 4.78 is 1.62. The van der Waals surface area contributed by atoms with Crippen molar-refractivity contribution in [1.82, 2.24) is 25.1 Å². The van der Waals surface area contributed by atoms with Gasteiger partial charge in [-0.15, -0.1) is 0 Å². The average Bonchev–Trinajstić information content (AvgIpc) is 3.19. The first-order valence-electron chi connectivity index (χ1n) is 9.63. The molecule has 8 heteroatoms. The van der Waals surface area contributed by atoms with Crippen molar-refractivity contribution in [3.63, 3.8) is 0 Å². The van der Waals surface area contributed by atoms with Crippen molar-refractivity contribution in [2.75, 3.05) is 6.54 Å². The lowest BCUT2D eigenvalue weighted by atomic mass is 10.1. The van der Waals surface area contributed by atoms with Crippen molar-refractivity contribution >= 4 is 28.7 Å². The van der Waals surface area contributed by atoms with E-state index in [-0.39, 0.29) is 11.5 Å². The molecule has 0 unspecified atom stereocenters. The Bertz CT molecular complexity index is 1200. The van der Waals surface area contributed by atoms with Gasteiger partial charge in [-0.25, -0.2) is 9.67 Å². The minimum Gasteiger partial charge on any atom is -0.355 e. The molecule has 0 fully saturated rings. The first-order chi connectivity index (χ1) is 14.6. The van der Waals surface area contributed by atoms with Crippen LogP contribution in [0.25, 0.3) is 16.7 Å². The summed E-state index contributed by atoms with van der Waals surface area (Å²) >= 11 is 1.21. The predicted octanol–water partition coefficient (Wildman–Crippen LogP) is 2.95. The van der Waals surface area contributed by atoms with Gasteiger partial charge in [0.15, 0.2) is 10.8 Å². The van der Waals surface area contributed by atoms with Crippen LogP contribution >= 0.6 is 11.8 Å². The third kappa shape index (κ3) is 4.44. The molecule has 0 radical (unpaired) electrons. The van der Waals surface area contributed by atoms with Gasteiger partial charge in [-0.3, -0.25) is 9.59 Å². The number of fused-ring (bicyclic) bond motifs is 1. The standard InChI is InChI=1S/C22H21N5O2S/c1-15(20(28)23-13-12-16-8-4-2-5-9-16)30-22-25-19-18(21(29)26-22)14-24-27(19)17-10-6-3-7-11-17/h2-11,14-15H,12-13H2,1H3,(H,23,28)(H,25,26,29)/t15-/m0/s1. The van der Waals surface area contributed by atoms with Crippen LogP contribution in [0.1, 0.15) is 12.5 Å². The predicted molar refractivity (Wildman–Crippen MR) is 118 cm³/mol. The van der Waals surface area contributed by atoms with Crippen LogP contribution < -0.4 is 10.9 Å². The number of carbonyl (C=O) groups is 1. The zero-order chi connectivity index (χ0) is 20.9. The largest absolute Gasteiger partial charge is 0.355 e. The molecule has 0 bridgehead atoms. The van der Waals surface area contributed by atoms with Gasteiger partial charge in [0.25, 0.3) is 5.56 Å². The van der Waals surface area contributed by atoms with E-state index in [2.05, 4.69) is 20.4 Å². The Kier molecular flexibility index (Phi) is 5.94. The summed E-state index contributed by atoms with van der Waals surface area (Å²) in [5.41, 5.74) is 2.17. The summed E-state index contributed by atoms with van der Waals surface area (Å²) in [4.78, 5) is 32.2. The van der Waals surface area contributed by atoms with E-state index in [1.54, 1.807) is 11.6 Å². The van der Waals surface area contributed by atoms with Crippen LogP contribution in [0, 0.1) is 0 Å². The van der Waals surface area contributed by atoms with Crippen molar-refractivity contribution in [3.8, 4) is 5.69 Å². The van der Waals surface area contributed by atoms with Crippen LogP contribution in [0.5, 0.6) is 0 Å². The summed E-state index contributed by atoms with van der Waals surface area (Å²) in [6.45, 7) is 2.35. The number of nitrogens with zero attached hydrogens (tertiary/aromatic N) is 3. The minimum atomic E-state index is -0.408. The number of nitrogens with one attached hydrogen (secondary N) is 2. The molecule has 2 aromatic heterocycles. The van der Waals surface area contributed by atoms with E-state index in [9.17, 15) is 9.59 Å². The van der Waals surface area contributed by atoms with Gasteiger partial charge in [0, 0.05) is 6.54 Å². The molecule has 7 nitrogen and oxygen atoms in total. The van der Waals surface area contributed by atoms with Crippen molar-refractivity contribution in [3.05, 3.63) is 82.8 Å². The number of carbonyl (C=O) groups excluding carboxylic acids is 1. The molecule has 2 aromatic carbocycles. The van der Waals surface area contributed by atoms with Gasteiger partial charge >= 0.3 is 0 Å². The molecule has 1 amide bonds. The number of hydrogen-bond donors (Lipinski definition) is 2. The van der Waals surface area contributed by atoms with E-state index in [0.717, 1.165) is 12.1 Å². The van der Waals surface area contributed by atoms with Gasteiger partial charge in [-0.1, -0.05) is 60.3 Å². The molecule has 0 saturated carbocycles. The molecule has 4 rings (SSSR count). The first-order valence-corrected chi connectivity index (χ1v) is 10.5. The molecular formula is C22H21N5O2S. The summed E-state index contributed by atoms with van der Waals surface area (Å²) in [7, 11) is 0. The molecule has 0 aliphatic carbocycles. The quantitative estimate of drug-likeness (QED) is 0.355. The van der Waals surface area contributed by atoms with Gasteiger partial charge in [0.1, 0.15) is 5.39 Å². The highest BCUT2D eigenvalue weighted by atomic mass is 32.2. The fraction of sp³-hybridized carbons (Fsp3) is 0.182. The van der Waals surface area contributed by atoms with Crippen LogP contribution in [0.15, 0.2) is 76.8 Å². The molecule has 0 saturated heterocycles. The van der Waals surface area contributed by atoms with Crippen molar-refractivity contribution in [1.29, 1.82) is 0 Å². The third-order valence-corrected chi connectivity index (χ3v) is 5.61. The van der Waals surface area contributed by atoms with Crippen molar-refractivity contribution in [2.45, 2.75) is 23.8 Å². The Labute approximate surface area is 177 Å². The van der Waals surface area contributed by atoms with E-state index < -0.39 is 5.25 Å². The summed E-state index contributed by atoms with van der Waals surface area (Å²) in [6.07, 6.45) is 2.27. The lowest BCUT2D eigenvalue weighted by molar-refractivity contribution is -0.120. The highest BCUT2D eigenvalue weighted by molar-refractivity contribution is 8.00. The topological polar surface area (TPSA) is 92.7 Å². The number of aromatic amines is 1. The van der Waals surface area contributed by atoms with Crippen molar-refractivity contribution < 1.29 is 4.79 Å². The number of hydrogen-bond acceptors (Lipinski definition) is 5. The molecule has 1 atom stereocenters. The second-order valence-electron chi connectivity index (χ2n) is 6.79. The third-order valence-electron chi connectivity index (χ3n) is 4.63. The number of H-pyrrole nitrogens is 1. The van der Waals surface area contributed by atoms with Gasteiger partial charge in [0.05, 0.1) is 17.1 Å². The summed E-state index contributed by atoms with van der Waals surface area (Å²) in [6, 6.07) is 19.5. The number of rotatable bonds is 7. The highest BCUT2D eigenvalue weighted by Crippen LogP contribution is 2.21. The molecule has 30 heavy (non-hydrogen) atoms. The Morgan fingerprint density at radius 2 is 1.83 bits per heavy atom. The second kappa shape index (κ2) is 8.96. The summed E-state index contributed by atoms with van der Waals surface area (Å²) in [5, 5.41) is 7.62. The first kappa shape index (κ1) is 19.9. The maximum absolute atomic E-state index is 12.5. The van der Waals surface area contributed by atoms with Crippen LogP contribution in [-0.4, -0.2) is 37.5 Å². The molecule has 2 heterocycles. The van der Waals surface area contributed by atoms with Gasteiger partial charge in [0.2, 0.25) is 5.91 Å². The Hall–Kier alpha value is -3.39. The number of amides is 1. The van der Waals surface area contributed by atoms with Crippen LogP contribution in [0.3, 0.4) is 0 Å². The van der Waals surface area contributed by atoms with Crippen LogP contribution in [-0.2, 0) is 11.2 Å². The zero-order valence-electron chi connectivity index (χ0n) is 16.4. The number of thioether (sulfide) groups is 1. The van der Waals surface area contributed by atoms with E-state index in [1.807, 2.05) is 60.7 Å². The Morgan fingerprint density at radius 1 is 1.13 bits per heavy atom. The van der Waals surface area contributed by atoms with Crippen LogP contribution in [0.4, 0.5) is 0 Å². The van der Waals surface area contributed by atoms with E-state index in [1.165, 1.54) is 23.5 Å². The molecule has 0 spiro atoms. The Balaban J connectivity index is 1.46. The normalized spacial score (nSPS) is 12.0. The number of benzene rings is 2. The van der Waals surface area contributed by atoms with E-state index >= 15 is 0 Å². The zero-order valence-corrected chi connectivity index (χ0v) is 17.2. The smallest absolute Gasteiger partial charge is 0.262 e. The fourth-order valence-electron chi connectivity index (χ4n) is 3.05. The van der Waals surface area contributed by atoms with Gasteiger partial charge in [-0.05, 0) is 31.0 Å². The van der Waals surface area contributed by atoms with E-state index in [4.69, 9.17) is 0 Å². The molecule has 152 valence electrons. The molecule has 0 aliphatic rings. The maximum Gasteiger partial charge on any atom is 0.262 e. The lowest BCUT2D eigenvalue weighted by Crippen LogP contribution is -2.32. The molecule has 2 N–H and O–H groups in total. The Morgan fingerprint density at radius 3 is 2.57 bits per heavy atom.